The first-order chi connectivity index (χ1) is 7.72. The van der Waals surface area contributed by atoms with Crippen molar-refractivity contribution in [3.8, 4) is 11.5 Å². The lowest BCUT2D eigenvalue weighted by Gasteiger charge is -2.14. The van der Waals surface area contributed by atoms with Gasteiger partial charge in [0.2, 0.25) is 0 Å². The number of ether oxygens (including phenoxy) is 1. The van der Waals surface area contributed by atoms with E-state index in [4.69, 9.17) is 11.6 Å². The minimum Gasteiger partial charge on any atom is -0.507 e. The quantitative estimate of drug-likeness (QED) is 0.677. The van der Waals surface area contributed by atoms with Crippen molar-refractivity contribution in [2.24, 2.45) is 0 Å². The summed E-state index contributed by atoms with van der Waals surface area (Å²) in [6.07, 6.45) is -4.95. The van der Waals surface area contributed by atoms with Gasteiger partial charge in [-0.05, 0) is 19.1 Å². The molecule has 0 saturated heterocycles. The van der Waals surface area contributed by atoms with Crippen molar-refractivity contribution in [3.63, 3.8) is 0 Å². The number of aromatic hydroxyl groups is 1. The molecule has 0 amide bonds. The van der Waals surface area contributed by atoms with E-state index >= 15 is 0 Å². The number of rotatable bonds is 3. The first-order valence-corrected chi connectivity index (χ1v) is 4.92. The molecule has 1 N–H and O–H groups in total. The van der Waals surface area contributed by atoms with Gasteiger partial charge in [-0.2, -0.15) is 0 Å². The van der Waals surface area contributed by atoms with Crippen molar-refractivity contribution in [2.45, 2.75) is 18.7 Å². The number of hydrogen-bond donors (Lipinski definition) is 1. The molecule has 0 spiro atoms. The van der Waals surface area contributed by atoms with E-state index in [-0.39, 0.29) is 0 Å². The Morgan fingerprint density at radius 2 is 2.06 bits per heavy atom. The maximum absolute atomic E-state index is 12.1. The SMILES string of the molecule is CC(Cl)C(=O)c1c(O)cccc1OC(F)(F)F. The summed E-state index contributed by atoms with van der Waals surface area (Å²) in [5, 5.41) is 8.31. The lowest BCUT2D eigenvalue weighted by atomic mass is 10.1. The van der Waals surface area contributed by atoms with E-state index in [1.807, 2.05) is 0 Å². The molecule has 0 fully saturated rings. The fraction of sp³-hybridized carbons (Fsp3) is 0.300. The van der Waals surface area contributed by atoms with Crippen molar-refractivity contribution in [3.05, 3.63) is 23.8 Å². The number of alkyl halides is 4. The van der Waals surface area contributed by atoms with Crippen molar-refractivity contribution in [1.29, 1.82) is 0 Å². The van der Waals surface area contributed by atoms with Gasteiger partial charge in [-0.3, -0.25) is 4.79 Å². The smallest absolute Gasteiger partial charge is 0.507 e. The molecule has 0 aliphatic heterocycles. The summed E-state index contributed by atoms with van der Waals surface area (Å²) >= 11 is 5.48. The molecule has 94 valence electrons. The topological polar surface area (TPSA) is 46.5 Å². The van der Waals surface area contributed by atoms with Crippen molar-refractivity contribution in [2.75, 3.05) is 0 Å². The molecule has 1 rings (SSSR count). The Morgan fingerprint density at radius 1 is 1.47 bits per heavy atom. The summed E-state index contributed by atoms with van der Waals surface area (Å²) in [7, 11) is 0. The summed E-state index contributed by atoms with van der Waals surface area (Å²) in [6.45, 7) is 1.29. The second-order valence-corrected chi connectivity index (χ2v) is 3.83. The molecular weight excluding hydrogens is 261 g/mol. The molecule has 0 saturated carbocycles. The van der Waals surface area contributed by atoms with Crippen LogP contribution in [0.15, 0.2) is 18.2 Å². The average molecular weight is 269 g/mol. The molecule has 1 aromatic rings. The number of phenolic OH excluding ortho intramolecular Hbond substituents is 1. The second kappa shape index (κ2) is 4.83. The number of benzene rings is 1. The van der Waals surface area contributed by atoms with Gasteiger partial charge in [0.05, 0.1) is 5.38 Å². The number of Topliss-reactive ketones (excluding diaryl/α,β-unsaturated/α-hetero) is 1. The van der Waals surface area contributed by atoms with Crippen LogP contribution in [0.1, 0.15) is 17.3 Å². The van der Waals surface area contributed by atoms with Gasteiger partial charge in [-0.25, -0.2) is 0 Å². The van der Waals surface area contributed by atoms with Crippen LogP contribution in [0.4, 0.5) is 13.2 Å². The van der Waals surface area contributed by atoms with E-state index in [1.54, 1.807) is 0 Å². The average Bonchev–Trinajstić information content (AvgIpc) is 2.14. The Bertz CT molecular complexity index is 429. The zero-order chi connectivity index (χ0) is 13.2. The number of hydrogen-bond acceptors (Lipinski definition) is 3. The van der Waals surface area contributed by atoms with Crippen LogP contribution in [0.2, 0.25) is 0 Å². The molecule has 0 radical (unpaired) electrons. The Kier molecular flexibility index (Phi) is 3.87. The molecule has 1 unspecified atom stereocenters. The molecule has 0 bridgehead atoms. The largest absolute Gasteiger partial charge is 0.573 e. The van der Waals surface area contributed by atoms with Crippen LogP contribution in [0, 0.1) is 0 Å². The molecular formula is C10H8ClF3O3. The monoisotopic (exact) mass is 268 g/mol. The van der Waals surface area contributed by atoms with Crippen LogP contribution < -0.4 is 4.74 Å². The third-order valence-corrected chi connectivity index (χ3v) is 2.04. The molecule has 1 atom stereocenters. The molecule has 3 nitrogen and oxygen atoms in total. The Hall–Kier alpha value is -1.43. The Labute approximate surface area is 99.8 Å². The van der Waals surface area contributed by atoms with Crippen LogP contribution in [-0.2, 0) is 0 Å². The van der Waals surface area contributed by atoms with Gasteiger partial charge >= 0.3 is 6.36 Å². The molecule has 0 aliphatic carbocycles. The minimum atomic E-state index is -4.95. The third-order valence-electron chi connectivity index (χ3n) is 1.84. The lowest BCUT2D eigenvalue weighted by Crippen LogP contribution is -2.20. The summed E-state index contributed by atoms with van der Waals surface area (Å²) in [6, 6.07) is 3.14. The maximum atomic E-state index is 12.1. The summed E-state index contributed by atoms with van der Waals surface area (Å²) in [4.78, 5) is 11.5. The predicted molar refractivity (Wildman–Crippen MR) is 54.4 cm³/mol. The third kappa shape index (κ3) is 3.52. The molecule has 17 heavy (non-hydrogen) atoms. The first-order valence-electron chi connectivity index (χ1n) is 4.48. The van der Waals surface area contributed by atoms with Crippen molar-refractivity contribution >= 4 is 17.4 Å². The zero-order valence-electron chi connectivity index (χ0n) is 8.58. The van der Waals surface area contributed by atoms with Gasteiger partial charge in [0.25, 0.3) is 0 Å². The Balaban J connectivity index is 3.22. The predicted octanol–water partition coefficient (Wildman–Crippen LogP) is 3.10. The van der Waals surface area contributed by atoms with Gasteiger partial charge in [0, 0.05) is 0 Å². The number of carbonyl (C=O) groups excluding carboxylic acids is 1. The highest BCUT2D eigenvalue weighted by atomic mass is 35.5. The van der Waals surface area contributed by atoms with Crippen LogP contribution in [0.5, 0.6) is 11.5 Å². The van der Waals surface area contributed by atoms with Gasteiger partial charge < -0.3 is 9.84 Å². The van der Waals surface area contributed by atoms with E-state index in [0.29, 0.717) is 0 Å². The van der Waals surface area contributed by atoms with Crippen LogP contribution >= 0.6 is 11.6 Å². The normalized spacial score (nSPS) is 13.2. The highest BCUT2D eigenvalue weighted by molar-refractivity contribution is 6.34. The van der Waals surface area contributed by atoms with Crippen molar-refractivity contribution in [1.82, 2.24) is 0 Å². The molecule has 0 aliphatic rings. The van der Waals surface area contributed by atoms with E-state index < -0.39 is 34.6 Å². The number of ketones is 1. The van der Waals surface area contributed by atoms with Crippen LogP contribution in [0.3, 0.4) is 0 Å². The van der Waals surface area contributed by atoms with E-state index in [1.165, 1.54) is 6.92 Å². The number of carbonyl (C=O) groups is 1. The van der Waals surface area contributed by atoms with Crippen molar-refractivity contribution < 1.29 is 27.8 Å². The fourth-order valence-electron chi connectivity index (χ4n) is 1.18. The second-order valence-electron chi connectivity index (χ2n) is 3.18. The van der Waals surface area contributed by atoms with Gasteiger partial charge in [0.1, 0.15) is 17.1 Å². The molecule has 7 heteroatoms. The highest BCUT2D eigenvalue weighted by Crippen LogP contribution is 2.33. The molecule has 0 aromatic heterocycles. The summed E-state index contributed by atoms with van der Waals surface area (Å²) in [5.41, 5.74) is -0.577. The van der Waals surface area contributed by atoms with E-state index in [0.717, 1.165) is 18.2 Å². The zero-order valence-corrected chi connectivity index (χ0v) is 9.34. The molecule has 1 aromatic carbocycles. The standard InChI is InChI=1S/C10H8ClF3O3/c1-5(11)9(16)8-6(15)3-2-4-7(8)17-10(12,13)14/h2-5,15H,1H3. The number of phenols is 1. The summed E-state index contributed by atoms with van der Waals surface area (Å²) < 4.78 is 39.9. The maximum Gasteiger partial charge on any atom is 0.573 e. The van der Waals surface area contributed by atoms with E-state index in [2.05, 4.69) is 4.74 Å². The van der Waals surface area contributed by atoms with Gasteiger partial charge in [-0.1, -0.05) is 6.07 Å². The minimum absolute atomic E-state index is 0.577. The highest BCUT2D eigenvalue weighted by Gasteiger charge is 2.34. The number of halogens is 4. The lowest BCUT2D eigenvalue weighted by molar-refractivity contribution is -0.274. The fourth-order valence-corrected chi connectivity index (χ4v) is 1.28. The van der Waals surface area contributed by atoms with E-state index in [9.17, 15) is 23.1 Å². The molecule has 0 heterocycles. The van der Waals surface area contributed by atoms with Gasteiger partial charge in [0.15, 0.2) is 5.78 Å². The Morgan fingerprint density at radius 3 is 2.53 bits per heavy atom. The first kappa shape index (κ1) is 13.6. The van der Waals surface area contributed by atoms with Crippen LogP contribution in [-0.4, -0.2) is 22.6 Å². The van der Waals surface area contributed by atoms with Crippen LogP contribution in [0.25, 0.3) is 0 Å². The van der Waals surface area contributed by atoms with Gasteiger partial charge in [-0.15, -0.1) is 24.8 Å². The summed E-state index contributed by atoms with van der Waals surface area (Å²) in [5.74, 6) is -2.22.